The number of aryl methyl sites for hydroxylation is 2. The molecule has 5 nitrogen and oxygen atoms in total. The van der Waals surface area contributed by atoms with Gasteiger partial charge in [0.05, 0.1) is 16.4 Å². The molecule has 19 heavy (non-hydrogen) atoms. The van der Waals surface area contributed by atoms with Crippen molar-refractivity contribution in [3.05, 3.63) is 16.4 Å². The van der Waals surface area contributed by atoms with Gasteiger partial charge in [-0.05, 0) is 19.3 Å². The number of hydrogen-bond acceptors (Lipinski definition) is 3. The third kappa shape index (κ3) is 3.09. The average molecular weight is 288 g/mol. The van der Waals surface area contributed by atoms with Gasteiger partial charge < -0.3 is 5.11 Å². The highest BCUT2D eigenvalue weighted by Gasteiger charge is 2.34. The van der Waals surface area contributed by atoms with E-state index >= 15 is 0 Å². The molecule has 6 heteroatoms. The minimum Gasteiger partial charge on any atom is -0.480 e. The fourth-order valence-electron chi connectivity index (χ4n) is 2.14. The van der Waals surface area contributed by atoms with E-state index in [0.717, 1.165) is 17.8 Å². The lowest BCUT2D eigenvalue weighted by Gasteiger charge is -2.28. The van der Waals surface area contributed by atoms with Gasteiger partial charge in [-0.1, -0.05) is 32.4 Å². The van der Waals surface area contributed by atoms with Crippen molar-refractivity contribution < 1.29 is 9.90 Å². The third-order valence-electron chi connectivity index (χ3n) is 3.71. The first kappa shape index (κ1) is 16.0. The molecule has 0 amide bonds. The van der Waals surface area contributed by atoms with Crippen LogP contribution < -0.4 is 5.32 Å². The highest BCUT2D eigenvalue weighted by Crippen LogP contribution is 2.23. The van der Waals surface area contributed by atoms with Gasteiger partial charge in [0.2, 0.25) is 0 Å². The smallest absolute Gasteiger partial charge is 0.323 e. The fraction of sp³-hybridized carbons (Fsp3) is 0.692. The summed E-state index contributed by atoms with van der Waals surface area (Å²) in [5, 5.41) is 17.4. The number of halogens is 1. The SMILES string of the molecule is CCc1nn(C)c(CNC(CC)(CC)C(=O)O)c1Cl. The van der Waals surface area contributed by atoms with Crippen LogP contribution in [0.3, 0.4) is 0 Å². The molecule has 2 N–H and O–H groups in total. The Balaban J connectivity index is 2.92. The summed E-state index contributed by atoms with van der Waals surface area (Å²) in [7, 11) is 1.82. The topological polar surface area (TPSA) is 67.2 Å². The van der Waals surface area contributed by atoms with Gasteiger partial charge in [-0.3, -0.25) is 14.8 Å². The first-order valence-corrected chi connectivity index (χ1v) is 6.98. The van der Waals surface area contributed by atoms with Crippen molar-refractivity contribution in [2.75, 3.05) is 0 Å². The van der Waals surface area contributed by atoms with Crippen molar-refractivity contribution in [1.82, 2.24) is 15.1 Å². The van der Waals surface area contributed by atoms with E-state index in [2.05, 4.69) is 10.4 Å². The minimum absolute atomic E-state index is 0.399. The summed E-state index contributed by atoms with van der Waals surface area (Å²) >= 11 is 6.25. The molecule has 0 aromatic carbocycles. The van der Waals surface area contributed by atoms with E-state index in [0.29, 0.717) is 24.4 Å². The second-order valence-electron chi connectivity index (χ2n) is 4.63. The molecule has 1 heterocycles. The average Bonchev–Trinajstić information content (AvgIpc) is 2.66. The summed E-state index contributed by atoms with van der Waals surface area (Å²) in [6, 6.07) is 0. The number of nitrogens with one attached hydrogen (secondary N) is 1. The zero-order chi connectivity index (χ0) is 14.6. The number of carboxylic acid groups (broad SMARTS) is 1. The Kier molecular flexibility index (Phi) is 5.38. The Bertz CT molecular complexity index is 453. The Morgan fingerprint density at radius 1 is 1.42 bits per heavy atom. The van der Waals surface area contributed by atoms with Crippen LogP contribution in [0, 0.1) is 0 Å². The molecule has 0 aliphatic heterocycles. The molecule has 1 rings (SSSR count). The van der Waals surface area contributed by atoms with Gasteiger partial charge in [0.15, 0.2) is 0 Å². The van der Waals surface area contributed by atoms with Gasteiger partial charge in [-0.25, -0.2) is 0 Å². The molecule has 0 atom stereocenters. The van der Waals surface area contributed by atoms with E-state index in [1.165, 1.54) is 0 Å². The predicted molar refractivity (Wildman–Crippen MR) is 75.4 cm³/mol. The first-order valence-electron chi connectivity index (χ1n) is 6.60. The van der Waals surface area contributed by atoms with E-state index in [-0.39, 0.29) is 0 Å². The molecule has 0 radical (unpaired) electrons. The maximum Gasteiger partial charge on any atom is 0.323 e. The maximum absolute atomic E-state index is 11.4. The number of nitrogens with zero attached hydrogens (tertiary/aromatic N) is 2. The summed E-state index contributed by atoms with van der Waals surface area (Å²) in [5.74, 6) is -0.827. The summed E-state index contributed by atoms with van der Waals surface area (Å²) in [5.41, 5.74) is 0.765. The van der Waals surface area contributed by atoms with Gasteiger partial charge in [0, 0.05) is 13.6 Å². The number of hydrogen-bond donors (Lipinski definition) is 2. The van der Waals surface area contributed by atoms with Crippen LogP contribution in [0.15, 0.2) is 0 Å². The molecule has 0 aliphatic rings. The van der Waals surface area contributed by atoms with Gasteiger partial charge >= 0.3 is 5.97 Å². The van der Waals surface area contributed by atoms with Gasteiger partial charge in [-0.15, -0.1) is 0 Å². The third-order valence-corrected chi connectivity index (χ3v) is 4.15. The van der Waals surface area contributed by atoms with Crippen LogP contribution in [-0.4, -0.2) is 26.4 Å². The predicted octanol–water partition coefficient (Wildman–Crippen LogP) is 2.37. The number of rotatable bonds is 7. The van der Waals surface area contributed by atoms with Crippen molar-refractivity contribution in [2.24, 2.45) is 7.05 Å². The molecule has 0 aliphatic carbocycles. The lowest BCUT2D eigenvalue weighted by Crippen LogP contribution is -2.51. The Morgan fingerprint density at radius 2 is 2.00 bits per heavy atom. The molecule has 0 spiro atoms. The van der Waals surface area contributed by atoms with Crippen molar-refractivity contribution in [1.29, 1.82) is 0 Å². The number of carboxylic acids is 1. The van der Waals surface area contributed by atoms with Crippen LogP contribution in [0.5, 0.6) is 0 Å². The second kappa shape index (κ2) is 6.39. The van der Waals surface area contributed by atoms with E-state index in [1.54, 1.807) is 4.68 Å². The largest absolute Gasteiger partial charge is 0.480 e. The van der Waals surface area contributed by atoms with Crippen LogP contribution in [0.2, 0.25) is 5.02 Å². The second-order valence-corrected chi connectivity index (χ2v) is 5.01. The van der Waals surface area contributed by atoms with E-state index in [1.807, 2.05) is 27.8 Å². The maximum atomic E-state index is 11.4. The van der Waals surface area contributed by atoms with E-state index in [4.69, 9.17) is 11.6 Å². The molecule has 1 aromatic rings. The highest BCUT2D eigenvalue weighted by molar-refractivity contribution is 6.31. The fourth-order valence-corrected chi connectivity index (χ4v) is 2.50. The van der Waals surface area contributed by atoms with Gasteiger partial charge in [-0.2, -0.15) is 5.10 Å². The quantitative estimate of drug-likeness (QED) is 0.808. The molecular formula is C13H22ClN3O2. The van der Waals surface area contributed by atoms with E-state index < -0.39 is 11.5 Å². The van der Waals surface area contributed by atoms with Gasteiger partial charge in [0.25, 0.3) is 0 Å². The zero-order valence-electron chi connectivity index (χ0n) is 12.0. The lowest BCUT2D eigenvalue weighted by atomic mass is 9.93. The molecule has 0 saturated carbocycles. The van der Waals surface area contributed by atoms with Crippen LogP contribution in [-0.2, 0) is 24.8 Å². The molecular weight excluding hydrogens is 266 g/mol. The number of aliphatic carboxylic acids is 1. The van der Waals surface area contributed by atoms with Crippen molar-refractivity contribution in [2.45, 2.75) is 52.1 Å². The molecule has 108 valence electrons. The summed E-state index contributed by atoms with van der Waals surface area (Å²) < 4.78 is 1.71. The summed E-state index contributed by atoms with van der Waals surface area (Å²) in [4.78, 5) is 11.4. The minimum atomic E-state index is -0.903. The Labute approximate surface area is 118 Å². The number of aromatic nitrogens is 2. The van der Waals surface area contributed by atoms with Crippen LogP contribution in [0.1, 0.15) is 45.0 Å². The highest BCUT2D eigenvalue weighted by atomic mass is 35.5. The van der Waals surface area contributed by atoms with Gasteiger partial charge in [0.1, 0.15) is 5.54 Å². The lowest BCUT2D eigenvalue weighted by molar-refractivity contribution is -0.145. The molecule has 0 bridgehead atoms. The van der Waals surface area contributed by atoms with Crippen molar-refractivity contribution in [3.8, 4) is 0 Å². The summed E-state index contributed by atoms with van der Waals surface area (Å²) in [6.45, 7) is 6.13. The van der Waals surface area contributed by atoms with Crippen LogP contribution in [0.4, 0.5) is 0 Å². The molecule has 0 fully saturated rings. The Hall–Kier alpha value is -1.07. The Morgan fingerprint density at radius 3 is 2.37 bits per heavy atom. The van der Waals surface area contributed by atoms with E-state index in [9.17, 15) is 9.90 Å². The number of carbonyl (C=O) groups is 1. The molecule has 0 saturated heterocycles. The first-order chi connectivity index (χ1) is 8.91. The summed E-state index contributed by atoms with van der Waals surface area (Å²) in [6.07, 6.45) is 1.81. The van der Waals surface area contributed by atoms with Crippen molar-refractivity contribution in [3.63, 3.8) is 0 Å². The zero-order valence-corrected chi connectivity index (χ0v) is 12.7. The monoisotopic (exact) mass is 287 g/mol. The normalized spacial score (nSPS) is 11.8. The van der Waals surface area contributed by atoms with Crippen LogP contribution in [0.25, 0.3) is 0 Å². The molecule has 0 unspecified atom stereocenters. The molecule has 1 aromatic heterocycles. The standard InChI is InChI=1S/C13H22ClN3O2/c1-5-9-11(14)10(17(4)16-9)8-15-13(6-2,7-3)12(18)19/h15H,5-8H2,1-4H3,(H,18,19). The van der Waals surface area contributed by atoms with Crippen molar-refractivity contribution >= 4 is 17.6 Å². The van der Waals surface area contributed by atoms with Crippen LogP contribution >= 0.6 is 11.6 Å².